The highest BCUT2D eigenvalue weighted by atomic mass is 32.2. The number of halogens is 1. The van der Waals surface area contributed by atoms with Gasteiger partial charge in [0, 0.05) is 18.7 Å². The molecule has 2 heterocycles. The Morgan fingerprint density at radius 1 is 1.33 bits per heavy atom. The van der Waals surface area contributed by atoms with Gasteiger partial charge in [-0.25, -0.2) is 12.8 Å². The van der Waals surface area contributed by atoms with Crippen molar-refractivity contribution < 1.29 is 17.5 Å². The molecule has 1 fully saturated rings. The van der Waals surface area contributed by atoms with E-state index in [2.05, 4.69) is 0 Å². The fourth-order valence-corrected chi connectivity index (χ4v) is 5.66. The van der Waals surface area contributed by atoms with E-state index in [1.54, 1.807) is 19.9 Å². The van der Waals surface area contributed by atoms with Crippen LogP contribution in [0.2, 0.25) is 0 Å². The summed E-state index contributed by atoms with van der Waals surface area (Å²) in [5, 5.41) is -0.520. The van der Waals surface area contributed by atoms with E-state index < -0.39 is 21.3 Å². The van der Waals surface area contributed by atoms with Gasteiger partial charge in [0.15, 0.2) is 0 Å². The molecule has 0 aliphatic carbocycles. The van der Waals surface area contributed by atoms with Crippen molar-refractivity contribution in [3.63, 3.8) is 0 Å². The lowest BCUT2D eigenvalue weighted by molar-refractivity contribution is 0.125. The van der Waals surface area contributed by atoms with Crippen LogP contribution in [0.1, 0.15) is 37.4 Å². The molecule has 4 nitrogen and oxygen atoms in total. The first kappa shape index (κ1) is 14.9. The van der Waals surface area contributed by atoms with Gasteiger partial charge in [-0.05, 0) is 38.3 Å². The molecule has 1 aromatic carbocycles. The number of nitrogens with zero attached hydrogens (tertiary/aromatic N) is 1. The van der Waals surface area contributed by atoms with E-state index in [0.717, 1.165) is 5.56 Å². The summed E-state index contributed by atoms with van der Waals surface area (Å²) in [6.07, 6.45) is 0.763. The van der Waals surface area contributed by atoms with Crippen LogP contribution in [0.3, 0.4) is 0 Å². The predicted molar refractivity (Wildman–Crippen MR) is 78.0 cm³/mol. The summed E-state index contributed by atoms with van der Waals surface area (Å²) >= 11 is 0. The van der Waals surface area contributed by atoms with E-state index in [9.17, 15) is 12.8 Å². The Kier molecular flexibility index (Phi) is 3.80. The summed E-state index contributed by atoms with van der Waals surface area (Å²) in [7, 11) is -3.48. The molecule has 0 aromatic heterocycles. The summed E-state index contributed by atoms with van der Waals surface area (Å²) in [5.41, 5.74) is 1.42. The van der Waals surface area contributed by atoms with Gasteiger partial charge in [-0.2, -0.15) is 4.31 Å². The van der Waals surface area contributed by atoms with Gasteiger partial charge in [-0.1, -0.05) is 12.1 Å². The van der Waals surface area contributed by atoms with Gasteiger partial charge in [-0.3, -0.25) is 0 Å². The minimum atomic E-state index is -3.48. The topological polar surface area (TPSA) is 46.6 Å². The zero-order valence-electron chi connectivity index (χ0n) is 12.3. The molecule has 6 heteroatoms. The highest BCUT2D eigenvalue weighted by molar-refractivity contribution is 7.89. The Balaban J connectivity index is 1.96. The molecular weight excluding hydrogens is 293 g/mol. The molecule has 0 amide bonds. The lowest BCUT2D eigenvalue weighted by Crippen LogP contribution is -2.46. The number of ether oxygens (including phenoxy) is 1. The molecule has 21 heavy (non-hydrogen) atoms. The largest absolute Gasteiger partial charge is 0.377 e. The van der Waals surface area contributed by atoms with E-state index in [1.165, 1.54) is 10.4 Å². The standard InChI is InChI=1S/C15H20FNO3S/c1-10-15-12(4-3-5-13(15)16)6-8-17(10)21(18,19)14-7-9-20-11(14)2/h3-5,10-11,14H,6-9H2,1-2H3/t10-,11-,14+/m0/s1. The normalized spacial score (nSPS) is 30.3. The maximum Gasteiger partial charge on any atom is 0.220 e. The van der Waals surface area contributed by atoms with Gasteiger partial charge in [0.25, 0.3) is 0 Å². The minimum Gasteiger partial charge on any atom is -0.377 e. The number of hydrogen-bond donors (Lipinski definition) is 0. The van der Waals surface area contributed by atoms with Crippen LogP contribution in [-0.4, -0.2) is 37.2 Å². The summed E-state index contributed by atoms with van der Waals surface area (Å²) < 4.78 is 46.6. The van der Waals surface area contributed by atoms with Crippen LogP contribution in [-0.2, 0) is 21.2 Å². The molecule has 116 valence electrons. The zero-order chi connectivity index (χ0) is 15.2. The fraction of sp³-hybridized carbons (Fsp3) is 0.600. The molecule has 2 aliphatic rings. The van der Waals surface area contributed by atoms with E-state index in [-0.39, 0.29) is 11.9 Å². The molecule has 0 radical (unpaired) electrons. The van der Waals surface area contributed by atoms with Crippen molar-refractivity contribution in [3.8, 4) is 0 Å². The maximum absolute atomic E-state index is 14.1. The Morgan fingerprint density at radius 2 is 2.10 bits per heavy atom. The van der Waals surface area contributed by atoms with Gasteiger partial charge in [-0.15, -0.1) is 0 Å². The van der Waals surface area contributed by atoms with Crippen LogP contribution in [0.25, 0.3) is 0 Å². The second-order valence-corrected chi connectivity index (χ2v) is 7.90. The van der Waals surface area contributed by atoms with Crippen LogP contribution in [0.4, 0.5) is 4.39 Å². The maximum atomic E-state index is 14.1. The van der Waals surface area contributed by atoms with Crippen LogP contribution >= 0.6 is 0 Å². The molecular formula is C15H20FNO3S. The second kappa shape index (κ2) is 5.34. The summed E-state index contributed by atoms with van der Waals surface area (Å²) in [4.78, 5) is 0. The monoisotopic (exact) mass is 313 g/mol. The summed E-state index contributed by atoms with van der Waals surface area (Å²) in [6, 6.07) is 4.48. The molecule has 2 aliphatic heterocycles. The van der Waals surface area contributed by atoms with Crippen LogP contribution in [0.15, 0.2) is 18.2 Å². The van der Waals surface area contributed by atoms with Gasteiger partial charge >= 0.3 is 0 Å². The lowest BCUT2D eigenvalue weighted by Gasteiger charge is -2.36. The van der Waals surface area contributed by atoms with Crippen molar-refractivity contribution in [2.45, 2.75) is 44.1 Å². The number of hydrogen-bond acceptors (Lipinski definition) is 3. The van der Waals surface area contributed by atoms with Crippen LogP contribution in [0.5, 0.6) is 0 Å². The van der Waals surface area contributed by atoms with Gasteiger partial charge in [0.05, 0.1) is 12.1 Å². The minimum absolute atomic E-state index is 0.302. The average molecular weight is 313 g/mol. The Hall–Kier alpha value is -0.980. The molecule has 0 bridgehead atoms. The van der Waals surface area contributed by atoms with Crippen molar-refractivity contribution >= 4 is 10.0 Å². The van der Waals surface area contributed by atoms with Crippen LogP contribution < -0.4 is 0 Å². The molecule has 1 saturated heterocycles. The van der Waals surface area contributed by atoms with E-state index in [0.29, 0.717) is 31.6 Å². The highest BCUT2D eigenvalue weighted by Gasteiger charge is 2.43. The van der Waals surface area contributed by atoms with Crippen molar-refractivity contribution in [3.05, 3.63) is 35.1 Å². The van der Waals surface area contributed by atoms with Crippen molar-refractivity contribution in [1.29, 1.82) is 0 Å². The molecule has 0 unspecified atom stereocenters. The van der Waals surface area contributed by atoms with Crippen molar-refractivity contribution in [2.75, 3.05) is 13.2 Å². The third-order valence-corrected chi connectivity index (χ3v) is 7.15. The quantitative estimate of drug-likeness (QED) is 0.841. The number of sulfonamides is 1. The Labute approximate surface area is 125 Å². The number of fused-ring (bicyclic) bond motifs is 1. The van der Waals surface area contributed by atoms with Gasteiger partial charge in [0.2, 0.25) is 10.0 Å². The SMILES string of the molecule is C[C@@H]1OCC[C@H]1S(=O)(=O)N1CCc2cccc(F)c2[C@@H]1C. The smallest absolute Gasteiger partial charge is 0.220 e. The number of rotatable bonds is 2. The van der Waals surface area contributed by atoms with Crippen molar-refractivity contribution in [1.82, 2.24) is 4.31 Å². The third kappa shape index (κ3) is 2.39. The summed E-state index contributed by atoms with van der Waals surface area (Å²) in [5.74, 6) is -0.323. The van der Waals surface area contributed by atoms with Gasteiger partial charge < -0.3 is 4.74 Å². The Morgan fingerprint density at radius 3 is 2.76 bits per heavy atom. The highest BCUT2D eigenvalue weighted by Crippen LogP contribution is 2.36. The van der Waals surface area contributed by atoms with Gasteiger partial charge in [0.1, 0.15) is 11.1 Å². The number of benzene rings is 1. The predicted octanol–water partition coefficient (Wildman–Crippen LogP) is 2.25. The molecule has 3 rings (SSSR count). The molecule has 1 aromatic rings. The lowest BCUT2D eigenvalue weighted by atomic mass is 9.95. The first-order valence-electron chi connectivity index (χ1n) is 7.32. The third-order valence-electron chi connectivity index (χ3n) is 4.61. The van der Waals surface area contributed by atoms with E-state index in [1.807, 2.05) is 6.07 Å². The fourth-order valence-electron chi connectivity index (χ4n) is 3.46. The molecule has 3 atom stereocenters. The first-order chi connectivity index (χ1) is 9.93. The van der Waals surface area contributed by atoms with E-state index >= 15 is 0 Å². The van der Waals surface area contributed by atoms with Crippen LogP contribution in [0, 0.1) is 5.82 Å². The van der Waals surface area contributed by atoms with E-state index in [4.69, 9.17) is 4.74 Å². The molecule has 0 saturated carbocycles. The summed E-state index contributed by atoms with van der Waals surface area (Å²) in [6.45, 7) is 4.43. The average Bonchev–Trinajstić information content (AvgIpc) is 2.86. The molecule has 0 spiro atoms. The Bertz CT molecular complexity index is 646. The first-order valence-corrected chi connectivity index (χ1v) is 8.83. The molecule has 0 N–H and O–H groups in total. The second-order valence-electron chi connectivity index (χ2n) is 5.80. The van der Waals surface area contributed by atoms with Crippen molar-refractivity contribution in [2.24, 2.45) is 0 Å². The zero-order valence-corrected chi connectivity index (χ0v) is 13.1.